The molecule has 3 rings (SSSR count). The van der Waals surface area contributed by atoms with Crippen LogP contribution in [0.3, 0.4) is 0 Å². The van der Waals surface area contributed by atoms with Crippen molar-refractivity contribution in [1.82, 2.24) is 9.97 Å². The van der Waals surface area contributed by atoms with Crippen LogP contribution in [0.2, 0.25) is 0 Å². The van der Waals surface area contributed by atoms with Crippen LogP contribution in [0.5, 0.6) is 0 Å². The number of benzene rings is 1. The average Bonchev–Trinajstić information content (AvgIpc) is 3.10. The van der Waals surface area contributed by atoms with Crippen LogP contribution in [-0.2, 0) is 0 Å². The number of hydrogen-bond donors (Lipinski definition) is 2. The Morgan fingerprint density at radius 1 is 1.25 bits per heavy atom. The number of nitrogens with zero attached hydrogens (tertiary/aromatic N) is 1. The number of hydrogen-bond acceptors (Lipinski definition) is 3. The van der Waals surface area contributed by atoms with Crippen LogP contribution in [0.4, 0.5) is 9.52 Å². The van der Waals surface area contributed by atoms with Gasteiger partial charge in [0, 0.05) is 17.8 Å². The Kier molecular flexibility index (Phi) is 3.30. The summed E-state index contributed by atoms with van der Waals surface area (Å²) in [5, 5.41) is 5.02. The molecule has 100 valence electrons. The number of amides is 1. The lowest BCUT2D eigenvalue weighted by Crippen LogP contribution is -2.11. The number of anilines is 1. The summed E-state index contributed by atoms with van der Waals surface area (Å²) < 4.78 is 12.9. The van der Waals surface area contributed by atoms with Crippen LogP contribution in [0.1, 0.15) is 10.5 Å². The Morgan fingerprint density at radius 3 is 2.75 bits per heavy atom. The molecule has 2 heterocycles. The number of carbonyl (C=O) groups is 1. The van der Waals surface area contributed by atoms with Gasteiger partial charge in [-0.15, -0.1) is 11.3 Å². The van der Waals surface area contributed by atoms with E-state index in [-0.39, 0.29) is 11.7 Å². The van der Waals surface area contributed by atoms with Crippen molar-refractivity contribution in [2.24, 2.45) is 0 Å². The minimum atomic E-state index is -0.286. The largest absolute Gasteiger partial charge is 0.357 e. The molecule has 0 saturated carbocycles. The first-order chi connectivity index (χ1) is 9.72. The summed E-state index contributed by atoms with van der Waals surface area (Å²) in [6.07, 6.45) is 3.34. The Labute approximate surface area is 118 Å². The third-order valence-electron chi connectivity index (χ3n) is 2.76. The summed E-state index contributed by atoms with van der Waals surface area (Å²) in [5.74, 6) is -0.542. The maximum Gasteiger partial charge on any atom is 0.273 e. The van der Waals surface area contributed by atoms with Crippen LogP contribution < -0.4 is 5.32 Å². The van der Waals surface area contributed by atoms with Crippen LogP contribution in [0, 0.1) is 5.82 Å². The predicted molar refractivity (Wildman–Crippen MR) is 76.3 cm³/mol. The number of carbonyl (C=O) groups excluding carboxylic acids is 1. The van der Waals surface area contributed by atoms with Gasteiger partial charge in [0.1, 0.15) is 11.5 Å². The summed E-state index contributed by atoms with van der Waals surface area (Å²) in [6.45, 7) is 0. The fourth-order valence-electron chi connectivity index (χ4n) is 1.78. The molecule has 0 bridgehead atoms. The van der Waals surface area contributed by atoms with Gasteiger partial charge in [-0.3, -0.25) is 10.1 Å². The van der Waals surface area contributed by atoms with Gasteiger partial charge in [-0.05, 0) is 29.3 Å². The second-order valence-electron chi connectivity index (χ2n) is 4.10. The Hall–Kier alpha value is -2.47. The SMILES string of the molecule is O=C(Nc1nccs1)c1cc(-c2ccc(F)cc2)c[nH]1. The molecule has 1 amide bonds. The van der Waals surface area contributed by atoms with Gasteiger partial charge in [0.05, 0.1) is 0 Å². The number of rotatable bonds is 3. The summed E-state index contributed by atoms with van der Waals surface area (Å²) in [5.41, 5.74) is 2.10. The van der Waals surface area contributed by atoms with E-state index >= 15 is 0 Å². The molecule has 0 aliphatic rings. The number of aromatic nitrogens is 2. The third kappa shape index (κ3) is 2.60. The van der Waals surface area contributed by atoms with Gasteiger partial charge in [-0.1, -0.05) is 12.1 Å². The predicted octanol–water partition coefficient (Wildman–Crippen LogP) is 3.53. The van der Waals surface area contributed by atoms with Crippen molar-refractivity contribution >= 4 is 22.4 Å². The molecule has 4 nitrogen and oxygen atoms in total. The molecule has 0 fully saturated rings. The number of halogens is 1. The van der Waals surface area contributed by atoms with Crippen LogP contribution in [-0.4, -0.2) is 15.9 Å². The molecule has 0 unspecified atom stereocenters. The minimum Gasteiger partial charge on any atom is -0.357 e. The van der Waals surface area contributed by atoms with Crippen molar-refractivity contribution in [3.63, 3.8) is 0 Å². The molecule has 0 aliphatic carbocycles. The highest BCUT2D eigenvalue weighted by molar-refractivity contribution is 7.13. The van der Waals surface area contributed by atoms with Crippen molar-refractivity contribution in [1.29, 1.82) is 0 Å². The van der Waals surface area contributed by atoms with E-state index in [1.807, 2.05) is 0 Å². The molecular formula is C14H10FN3OS. The number of nitrogens with one attached hydrogen (secondary N) is 2. The zero-order valence-electron chi connectivity index (χ0n) is 10.3. The van der Waals surface area contributed by atoms with Crippen LogP contribution >= 0.6 is 11.3 Å². The van der Waals surface area contributed by atoms with Crippen molar-refractivity contribution in [3.05, 3.63) is 59.6 Å². The number of H-pyrrole nitrogens is 1. The first kappa shape index (κ1) is 12.6. The van der Waals surface area contributed by atoms with E-state index in [1.54, 1.807) is 36.0 Å². The zero-order chi connectivity index (χ0) is 13.9. The fourth-order valence-corrected chi connectivity index (χ4v) is 2.31. The fraction of sp³-hybridized carbons (Fsp3) is 0. The highest BCUT2D eigenvalue weighted by atomic mass is 32.1. The highest BCUT2D eigenvalue weighted by Crippen LogP contribution is 2.21. The normalized spacial score (nSPS) is 10.4. The van der Waals surface area contributed by atoms with Crippen LogP contribution in [0.15, 0.2) is 48.1 Å². The van der Waals surface area contributed by atoms with E-state index in [0.717, 1.165) is 11.1 Å². The Bertz CT molecular complexity index is 719. The van der Waals surface area contributed by atoms with Crippen molar-refractivity contribution in [2.75, 3.05) is 5.32 Å². The summed E-state index contributed by atoms with van der Waals surface area (Å²) >= 11 is 1.35. The monoisotopic (exact) mass is 287 g/mol. The second kappa shape index (κ2) is 5.26. The molecule has 0 saturated heterocycles. The zero-order valence-corrected chi connectivity index (χ0v) is 11.1. The smallest absolute Gasteiger partial charge is 0.273 e. The third-order valence-corrected chi connectivity index (χ3v) is 3.45. The molecule has 2 aromatic heterocycles. The summed E-state index contributed by atoms with van der Waals surface area (Å²) in [6, 6.07) is 7.83. The van der Waals surface area contributed by atoms with E-state index in [9.17, 15) is 9.18 Å². The van der Waals surface area contributed by atoms with Gasteiger partial charge < -0.3 is 4.98 Å². The van der Waals surface area contributed by atoms with Gasteiger partial charge in [-0.25, -0.2) is 9.37 Å². The number of aromatic amines is 1. The van der Waals surface area contributed by atoms with Gasteiger partial charge in [-0.2, -0.15) is 0 Å². The Morgan fingerprint density at radius 2 is 2.05 bits per heavy atom. The lowest BCUT2D eigenvalue weighted by atomic mass is 10.1. The van der Waals surface area contributed by atoms with Crippen LogP contribution in [0.25, 0.3) is 11.1 Å². The van der Waals surface area contributed by atoms with Gasteiger partial charge in [0.25, 0.3) is 5.91 Å². The first-order valence-electron chi connectivity index (χ1n) is 5.87. The Balaban J connectivity index is 1.79. The molecule has 0 aliphatic heterocycles. The average molecular weight is 287 g/mol. The van der Waals surface area contributed by atoms with Gasteiger partial charge in [0.15, 0.2) is 5.13 Å². The first-order valence-corrected chi connectivity index (χ1v) is 6.75. The quantitative estimate of drug-likeness (QED) is 0.774. The van der Waals surface area contributed by atoms with E-state index in [2.05, 4.69) is 15.3 Å². The molecular weight excluding hydrogens is 277 g/mol. The van der Waals surface area contributed by atoms with Gasteiger partial charge in [0.2, 0.25) is 0 Å². The minimum absolute atomic E-state index is 0.256. The van der Waals surface area contributed by atoms with Crippen molar-refractivity contribution in [3.8, 4) is 11.1 Å². The van der Waals surface area contributed by atoms with Gasteiger partial charge >= 0.3 is 0 Å². The molecule has 0 radical (unpaired) electrons. The molecule has 0 atom stereocenters. The molecule has 3 aromatic rings. The lowest BCUT2D eigenvalue weighted by molar-refractivity contribution is 0.102. The number of thiazole rings is 1. The van der Waals surface area contributed by atoms with E-state index in [0.29, 0.717) is 10.8 Å². The lowest BCUT2D eigenvalue weighted by Gasteiger charge is -1.98. The van der Waals surface area contributed by atoms with E-state index < -0.39 is 0 Å². The second-order valence-corrected chi connectivity index (χ2v) is 4.99. The van der Waals surface area contributed by atoms with Crippen molar-refractivity contribution in [2.45, 2.75) is 0 Å². The van der Waals surface area contributed by atoms with E-state index in [4.69, 9.17) is 0 Å². The molecule has 6 heteroatoms. The molecule has 20 heavy (non-hydrogen) atoms. The highest BCUT2D eigenvalue weighted by Gasteiger charge is 2.10. The molecule has 1 aromatic carbocycles. The van der Waals surface area contributed by atoms with Crippen molar-refractivity contribution < 1.29 is 9.18 Å². The van der Waals surface area contributed by atoms with E-state index in [1.165, 1.54) is 23.5 Å². The maximum absolute atomic E-state index is 12.9. The topological polar surface area (TPSA) is 57.8 Å². The molecule has 0 spiro atoms. The standard InChI is InChI=1S/C14H10FN3OS/c15-11-3-1-9(2-4-11)10-7-12(17-8-10)13(19)18-14-16-5-6-20-14/h1-8,17H,(H,16,18,19). The summed E-state index contributed by atoms with van der Waals surface area (Å²) in [4.78, 5) is 18.9. The summed E-state index contributed by atoms with van der Waals surface area (Å²) in [7, 11) is 0. The molecule has 2 N–H and O–H groups in total. The maximum atomic E-state index is 12.9.